The molecule has 2 nitrogen and oxygen atoms in total. The maximum absolute atomic E-state index is 12.1. The van der Waals surface area contributed by atoms with E-state index in [1.165, 1.54) is 37.8 Å². The van der Waals surface area contributed by atoms with Crippen LogP contribution in [0.5, 0.6) is 5.75 Å². The van der Waals surface area contributed by atoms with Crippen molar-refractivity contribution in [3.8, 4) is 5.75 Å². The van der Waals surface area contributed by atoms with Gasteiger partial charge in [-0.2, -0.15) is 0 Å². The molecule has 5 heteroatoms. The van der Waals surface area contributed by atoms with Crippen molar-refractivity contribution in [3.05, 3.63) is 29.8 Å². The van der Waals surface area contributed by atoms with E-state index < -0.39 is 6.36 Å². The van der Waals surface area contributed by atoms with Gasteiger partial charge in [0.15, 0.2) is 0 Å². The van der Waals surface area contributed by atoms with Crippen LogP contribution < -0.4 is 4.74 Å². The van der Waals surface area contributed by atoms with Crippen molar-refractivity contribution in [2.75, 3.05) is 13.7 Å². The number of aryl methyl sites for hydroxylation is 1. The first-order chi connectivity index (χ1) is 10.5. The monoisotopic (exact) mass is 316 g/mol. The molecule has 0 unspecified atom stereocenters. The van der Waals surface area contributed by atoms with Gasteiger partial charge >= 0.3 is 6.36 Å². The van der Waals surface area contributed by atoms with Crippen LogP contribution in [0.3, 0.4) is 0 Å². The summed E-state index contributed by atoms with van der Waals surface area (Å²) in [4.78, 5) is 0. The number of hydrogen-bond donors (Lipinski definition) is 0. The Morgan fingerprint density at radius 2 is 1.59 bits per heavy atom. The van der Waals surface area contributed by atoms with Gasteiger partial charge in [0.05, 0.1) is 0 Å². The predicted octanol–water partition coefficient (Wildman–Crippen LogP) is 4.97. The first-order valence-corrected chi connectivity index (χ1v) is 7.80. The molecular formula is C17H23F3O2. The number of alkyl halides is 3. The van der Waals surface area contributed by atoms with Crippen molar-refractivity contribution in [1.29, 1.82) is 0 Å². The normalized spacial score (nSPS) is 22.5. The number of benzene rings is 1. The molecule has 1 saturated carbocycles. The molecule has 0 amide bonds. The summed E-state index contributed by atoms with van der Waals surface area (Å²) in [7, 11) is 1.75. The Balaban J connectivity index is 1.73. The van der Waals surface area contributed by atoms with Crippen LogP contribution in [0, 0.1) is 11.8 Å². The second kappa shape index (κ2) is 7.86. The van der Waals surface area contributed by atoms with Crippen molar-refractivity contribution >= 4 is 0 Å². The van der Waals surface area contributed by atoms with Crippen LogP contribution in [0.4, 0.5) is 13.2 Å². The summed E-state index contributed by atoms with van der Waals surface area (Å²) in [6.45, 7) is 0.855. The molecule has 0 atom stereocenters. The highest BCUT2D eigenvalue weighted by Crippen LogP contribution is 2.32. The molecule has 0 N–H and O–H groups in total. The van der Waals surface area contributed by atoms with E-state index in [2.05, 4.69) is 4.74 Å². The van der Waals surface area contributed by atoms with Gasteiger partial charge in [0, 0.05) is 13.7 Å². The first-order valence-electron chi connectivity index (χ1n) is 7.80. The van der Waals surface area contributed by atoms with Crippen LogP contribution in [-0.4, -0.2) is 20.1 Å². The Bertz CT molecular complexity index is 434. The Labute approximate surface area is 129 Å². The number of halogens is 3. The molecule has 0 aromatic heterocycles. The molecule has 1 aromatic carbocycles. The van der Waals surface area contributed by atoms with Crippen LogP contribution in [0.25, 0.3) is 0 Å². The lowest BCUT2D eigenvalue weighted by Crippen LogP contribution is -2.18. The summed E-state index contributed by atoms with van der Waals surface area (Å²) >= 11 is 0. The molecule has 124 valence electrons. The molecular weight excluding hydrogens is 293 g/mol. The van der Waals surface area contributed by atoms with Crippen LogP contribution >= 0.6 is 0 Å². The predicted molar refractivity (Wildman–Crippen MR) is 78.8 cm³/mol. The fourth-order valence-electron chi connectivity index (χ4n) is 3.15. The maximum atomic E-state index is 12.1. The highest BCUT2D eigenvalue weighted by Gasteiger charge is 2.31. The summed E-state index contributed by atoms with van der Waals surface area (Å²) in [5.74, 6) is 1.26. The third kappa shape index (κ3) is 5.87. The van der Waals surface area contributed by atoms with Crippen molar-refractivity contribution < 1.29 is 22.6 Å². The van der Waals surface area contributed by atoms with Crippen LogP contribution in [-0.2, 0) is 11.2 Å². The number of rotatable bonds is 6. The standard InChI is InChI=1S/C17H23F3O2/c1-21-12-15-6-4-13(5-7-15)2-3-14-8-10-16(11-9-14)22-17(18,19)20/h8-11,13,15H,2-7,12H2,1H3/t13-,15-. The molecule has 1 aromatic rings. The largest absolute Gasteiger partial charge is 0.573 e. The zero-order chi connectivity index (χ0) is 16.0. The van der Waals surface area contributed by atoms with Gasteiger partial charge in [-0.3, -0.25) is 0 Å². The summed E-state index contributed by atoms with van der Waals surface area (Å²) in [6.07, 6.45) is 2.27. The van der Waals surface area contributed by atoms with E-state index >= 15 is 0 Å². The Kier molecular flexibility index (Phi) is 6.12. The zero-order valence-corrected chi connectivity index (χ0v) is 12.9. The highest BCUT2D eigenvalue weighted by molar-refractivity contribution is 5.27. The quantitative estimate of drug-likeness (QED) is 0.737. The maximum Gasteiger partial charge on any atom is 0.573 e. The zero-order valence-electron chi connectivity index (χ0n) is 12.9. The van der Waals surface area contributed by atoms with Crippen molar-refractivity contribution in [1.82, 2.24) is 0 Å². The van der Waals surface area contributed by atoms with E-state index in [0.29, 0.717) is 5.92 Å². The van der Waals surface area contributed by atoms with Gasteiger partial charge in [-0.05, 0) is 55.2 Å². The Hall–Kier alpha value is -1.23. The molecule has 0 spiro atoms. The molecule has 1 aliphatic rings. The van der Waals surface area contributed by atoms with E-state index in [0.717, 1.165) is 30.9 Å². The minimum absolute atomic E-state index is 0.156. The molecule has 1 aliphatic carbocycles. The molecule has 22 heavy (non-hydrogen) atoms. The van der Waals surface area contributed by atoms with Gasteiger partial charge in [0.1, 0.15) is 5.75 Å². The second-order valence-corrected chi connectivity index (χ2v) is 6.07. The van der Waals surface area contributed by atoms with Gasteiger partial charge in [-0.25, -0.2) is 0 Å². The summed E-state index contributed by atoms with van der Waals surface area (Å²) < 4.78 is 45.3. The van der Waals surface area contributed by atoms with Crippen molar-refractivity contribution in [2.24, 2.45) is 11.8 Å². The molecule has 0 heterocycles. The molecule has 0 radical (unpaired) electrons. The third-order valence-corrected chi connectivity index (χ3v) is 4.37. The minimum atomic E-state index is -4.62. The van der Waals surface area contributed by atoms with E-state index in [-0.39, 0.29) is 5.75 Å². The average molecular weight is 316 g/mol. The number of ether oxygens (including phenoxy) is 2. The molecule has 0 bridgehead atoms. The van der Waals surface area contributed by atoms with Gasteiger partial charge in [-0.15, -0.1) is 13.2 Å². The lowest BCUT2D eigenvalue weighted by molar-refractivity contribution is -0.274. The summed E-state index contributed by atoms with van der Waals surface area (Å²) in [5.41, 5.74) is 1.06. The topological polar surface area (TPSA) is 18.5 Å². The minimum Gasteiger partial charge on any atom is -0.406 e. The smallest absolute Gasteiger partial charge is 0.406 e. The van der Waals surface area contributed by atoms with Crippen LogP contribution in [0.1, 0.15) is 37.7 Å². The number of hydrogen-bond acceptors (Lipinski definition) is 2. The highest BCUT2D eigenvalue weighted by atomic mass is 19.4. The molecule has 2 rings (SSSR count). The van der Waals surface area contributed by atoms with Gasteiger partial charge in [0.25, 0.3) is 0 Å². The van der Waals surface area contributed by atoms with Crippen LogP contribution in [0.15, 0.2) is 24.3 Å². The Morgan fingerprint density at radius 1 is 1.00 bits per heavy atom. The lowest BCUT2D eigenvalue weighted by Gasteiger charge is -2.28. The third-order valence-electron chi connectivity index (χ3n) is 4.37. The van der Waals surface area contributed by atoms with Crippen molar-refractivity contribution in [2.45, 2.75) is 44.9 Å². The fourth-order valence-corrected chi connectivity index (χ4v) is 3.15. The van der Waals surface area contributed by atoms with Gasteiger partial charge in [-0.1, -0.05) is 25.0 Å². The average Bonchev–Trinajstić information content (AvgIpc) is 2.47. The van der Waals surface area contributed by atoms with Crippen LogP contribution in [0.2, 0.25) is 0 Å². The Morgan fingerprint density at radius 3 is 2.14 bits per heavy atom. The second-order valence-electron chi connectivity index (χ2n) is 6.07. The van der Waals surface area contributed by atoms with Crippen molar-refractivity contribution in [3.63, 3.8) is 0 Å². The first kappa shape index (κ1) is 17.1. The number of methoxy groups -OCH3 is 1. The molecule has 1 fully saturated rings. The van der Waals surface area contributed by atoms with E-state index in [9.17, 15) is 13.2 Å². The summed E-state index contributed by atoms with van der Waals surface area (Å²) in [6, 6.07) is 6.21. The molecule has 0 saturated heterocycles. The van der Waals surface area contributed by atoms with Gasteiger partial charge < -0.3 is 9.47 Å². The summed E-state index contributed by atoms with van der Waals surface area (Å²) in [5, 5.41) is 0. The van der Waals surface area contributed by atoms with Gasteiger partial charge in [0.2, 0.25) is 0 Å². The lowest BCUT2D eigenvalue weighted by atomic mass is 9.80. The van der Waals surface area contributed by atoms with E-state index in [1.807, 2.05) is 0 Å². The van der Waals surface area contributed by atoms with E-state index in [1.54, 1.807) is 19.2 Å². The molecule has 0 aliphatic heterocycles. The fraction of sp³-hybridized carbons (Fsp3) is 0.647. The SMILES string of the molecule is COC[C@H]1CC[C@H](CCc2ccc(OC(F)(F)F)cc2)CC1. The van der Waals surface area contributed by atoms with E-state index in [4.69, 9.17) is 4.74 Å².